The predicted molar refractivity (Wildman–Crippen MR) is 67.8 cm³/mol. The average Bonchev–Trinajstić information content (AvgIpc) is 2.60. The molecule has 0 fully saturated rings. The molecule has 2 rings (SSSR count). The van der Waals surface area contributed by atoms with Crippen LogP contribution in [0.5, 0.6) is 0 Å². The van der Waals surface area contributed by atoms with Gasteiger partial charge in [-0.05, 0) is 37.3 Å². The number of anilines is 1. The average molecular weight is 222 g/mol. The van der Waals surface area contributed by atoms with E-state index in [4.69, 9.17) is 5.73 Å². The lowest BCUT2D eigenvalue weighted by Crippen LogP contribution is -2.34. The molecule has 0 bridgehead atoms. The van der Waals surface area contributed by atoms with Crippen molar-refractivity contribution < 1.29 is 0 Å². The van der Waals surface area contributed by atoms with Crippen LogP contribution in [0.1, 0.15) is 12.5 Å². The molecule has 1 aliphatic rings. The number of hydrogen-bond acceptors (Lipinski definition) is 3. The van der Waals surface area contributed by atoms with E-state index in [1.165, 1.54) is 16.1 Å². The zero-order chi connectivity index (χ0) is 10.8. The summed E-state index contributed by atoms with van der Waals surface area (Å²) in [6, 6.07) is 6.99. The van der Waals surface area contributed by atoms with Crippen molar-refractivity contribution in [1.29, 1.82) is 0 Å². The molecule has 0 saturated heterocycles. The second kappa shape index (κ2) is 4.45. The monoisotopic (exact) mass is 222 g/mol. The molecule has 1 aromatic rings. The topological polar surface area (TPSA) is 29.3 Å². The van der Waals surface area contributed by atoms with Gasteiger partial charge in [-0.15, -0.1) is 11.8 Å². The molecule has 0 aliphatic carbocycles. The van der Waals surface area contributed by atoms with Gasteiger partial charge in [-0.3, -0.25) is 0 Å². The first kappa shape index (κ1) is 10.8. The number of hydrogen-bond donors (Lipinski definition) is 1. The highest BCUT2D eigenvalue weighted by Gasteiger charge is 2.19. The van der Waals surface area contributed by atoms with Crippen LogP contribution in [0.2, 0.25) is 0 Å². The van der Waals surface area contributed by atoms with Gasteiger partial charge in [-0.25, -0.2) is 0 Å². The maximum Gasteiger partial charge on any atom is 0.0411 e. The highest BCUT2D eigenvalue weighted by atomic mass is 32.2. The Balaban J connectivity index is 2.23. The molecule has 15 heavy (non-hydrogen) atoms. The Morgan fingerprint density at radius 2 is 2.33 bits per heavy atom. The molecule has 1 unspecified atom stereocenters. The summed E-state index contributed by atoms with van der Waals surface area (Å²) in [6.07, 6.45) is 3.28. The van der Waals surface area contributed by atoms with Gasteiger partial charge in [0.25, 0.3) is 0 Å². The van der Waals surface area contributed by atoms with Crippen molar-refractivity contribution in [2.45, 2.75) is 24.3 Å². The van der Waals surface area contributed by atoms with E-state index < -0.39 is 0 Å². The summed E-state index contributed by atoms with van der Waals surface area (Å²) >= 11 is 1.80. The minimum atomic E-state index is 0.244. The van der Waals surface area contributed by atoms with Crippen molar-refractivity contribution >= 4 is 17.4 Å². The normalized spacial score (nSPS) is 16.6. The van der Waals surface area contributed by atoms with Gasteiger partial charge in [0.1, 0.15) is 0 Å². The first-order valence-corrected chi connectivity index (χ1v) is 6.60. The maximum atomic E-state index is 5.85. The number of rotatable bonds is 3. The zero-order valence-electron chi connectivity index (χ0n) is 9.36. The van der Waals surface area contributed by atoms with E-state index in [1.807, 2.05) is 0 Å². The molecule has 0 aromatic heterocycles. The van der Waals surface area contributed by atoms with Crippen LogP contribution >= 0.6 is 11.8 Å². The quantitative estimate of drug-likeness (QED) is 0.794. The molecule has 0 spiro atoms. The van der Waals surface area contributed by atoms with Crippen LogP contribution in [0.25, 0.3) is 0 Å². The van der Waals surface area contributed by atoms with Gasteiger partial charge in [0.2, 0.25) is 0 Å². The van der Waals surface area contributed by atoms with Crippen LogP contribution < -0.4 is 10.6 Å². The van der Waals surface area contributed by atoms with E-state index in [9.17, 15) is 0 Å². The molecule has 0 radical (unpaired) electrons. The van der Waals surface area contributed by atoms with Gasteiger partial charge < -0.3 is 10.6 Å². The van der Waals surface area contributed by atoms with Gasteiger partial charge in [-0.2, -0.15) is 0 Å². The van der Waals surface area contributed by atoms with Gasteiger partial charge in [0, 0.05) is 29.7 Å². The summed E-state index contributed by atoms with van der Waals surface area (Å²) in [7, 11) is 0. The molecular weight excluding hydrogens is 204 g/mol. The van der Waals surface area contributed by atoms with Crippen molar-refractivity contribution in [3.05, 3.63) is 23.8 Å². The van der Waals surface area contributed by atoms with Crippen LogP contribution in [-0.4, -0.2) is 25.4 Å². The Labute approximate surface area is 95.8 Å². The predicted octanol–water partition coefficient (Wildman–Crippen LogP) is 2.12. The molecule has 2 nitrogen and oxygen atoms in total. The number of thioether (sulfide) groups is 1. The first-order valence-electron chi connectivity index (χ1n) is 5.38. The van der Waals surface area contributed by atoms with E-state index in [-0.39, 0.29) is 6.04 Å². The third-order valence-corrected chi connectivity index (χ3v) is 3.52. The Kier molecular flexibility index (Phi) is 3.22. The fraction of sp³-hybridized carbons (Fsp3) is 0.500. The van der Waals surface area contributed by atoms with Crippen LogP contribution in [0, 0.1) is 0 Å². The van der Waals surface area contributed by atoms with Gasteiger partial charge >= 0.3 is 0 Å². The number of nitrogens with two attached hydrogens (primary N) is 1. The van der Waals surface area contributed by atoms with Crippen molar-refractivity contribution in [3.8, 4) is 0 Å². The number of fused-ring (bicyclic) bond motifs is 1. The Hall–Kier alpha value is -0.670. The molecule has 1 aromatic carbocycles. The molecule has 1 heterocycles. The second-order valence-electron chi connectivity index (χ2n) is 4.17. The number of nitrogens with zero attached hydrogens (tertiary/aromatic N) is 1. The summed E-state index contributed by atoms with van der Waals surface area (Å²) in [5, 5.41) is 0. The third kappa shape index (κ3) is 2.29. The maximum absolute atomic E-state index is 5.85. The molecular formula is C12H18N2S. The van der Waals surface area contributed by atoms with E-state index in [1.54, 1.807) is 11.8 Å². The minimum Gasteiger partial charge on any atom is -0.369 e. The van der Waals surface area contributed by atoms with Gasteiger partial charge in [0.15, 0.2) is 0 Å². The fourth-order valence-corrected chi connectivity index (χ4v) is 2.52. The van der Waals surface area contributed by atoms with Crippen molar-refractivity contribution in [3.63, 3.8) is 0 Å². The summed E-state index contributed by atoms with van der Waals surface area (Å²) < 4.78 is 0. The summed E-state index contributed by atoms with van der Waals surface area (Å²) in [5.74, 6) is 0. The fourth-order valence-electron chi connectivity index (χ4n) is 2.09. The van der Waals surface area contributed by atoms with E-state index >= 15 is 0 Å². The zero-order valence-corrected chi connectivity index (χ0v) is 10.2. The van der Waals surface area contributed by atoms with Crippen molar-refractivity contribution in [2.24, 2.45) is 5.73 Å². The summed E-state index contributed by atoms with van der Waals surface area (Å²) in [4.78, 5) is 3.74. The molecule has 82 valence electrons. The lowest BCUT2D eigenvalue weighted by Gasteiger charge is -2.21. The van der Waals surface area contributed by atoms with Crippen molar-refractivity contribution in [1.82, 2.24) is 0 Å². The third-order valence-electron chi connectivity index (χ3n) is 2.79. The smallest absolute Gasteiger partial charge is 0.0411 e. The first-order chi connectivity index (χ1) is 7.20. The van der Waals surface area contributed by atoms with Crippen LogP contribution in [0.3, 0.4) is 0 Å². The molecule has 2 N–H and O–H groups in total. The van der Waals surface area contributed by atoms with Gasteiger partial charge in [0.05, 0.1) is 0 Å². The molecule has 3 heteroatoms. The SMILES string of the molecule is CSc1ccc2c(c1)N(CC(C)N)CC2. The summed E-state index contributed by atoms with van der Waals surface area (Å²) in [5.41, 5.74) is 8.71. The van der Waals surface area contributed by atoms with Crippen LogP contribution in [0.4, 0.5) is 5.69 Å². The highest BCUT2D eigenvalue weighted by molar-refractivity contribution is 7.98. The van der Waals surface area contributed by atoms with Crippen LogP contribution in [-0.2, 0) is 6.42 Å². The second-order valence-corrected chi connectivity index (χ2v) is 5.05. The van der Waals surface area contributed by atoms with Gasteiger partial charge in [-0.1, -0.05) is 6.07 Å². The lowest BCUT2D eigenvalue weighted by molar-refractivity contribution is 0.693. The lowest BCUT2D eigenvalue weighted by atomic mass is 10.2. The van der Waals surface area contributed by atoms with E-state index in [0.717, 1.165) is 19.5 Å². The summed E-state index contributed by atoms with van der Waals surface area (Å²) in [6.45, 7) is 4.15. The molecule has 0 amide bonds. The van der Waals surface area contributed by atoms with E-state index in [0.29, 0.717) is 0 Å². The Bertz CT molecular complexity index is 349. The highest BCUT2D eigenvalue weighted by Crippen LogP contribution is 2.31. The molecule has 0 saturated carbocycles. The minimum absolute atomic E-state index is 0.244. The number of benzene rings is 1. The van der Waals surface area contributed by atoms with E-state index in [2.05, 4.69) is 36.3 Å². The van der Waals surface area contributed by atoms with Crippen LogP contribution in [0.15, 0.2) is 23.1 Å². The van der Waals surface area contributed by atoms with Crippen molar-refractivity contribution in [2.75, 3.05) is 24.2 Å². The standard InChI is InChI=1S/C12H18N2S/c1-9(13)8-14-6-5-10-3-4-11(15-2)7-12(10)14/h3-4,7,9H,5-6,8,13H2,1-2H3. The Morgan fingerprint density at radius 3 is 3.00 bits per heavy atom. The largest absolute Gasteiger partial charge is 0.369 e. The molecule has 1 atom stereocenters. The Morgan fingerprint density at radius 1 is 1.53 bits per heavy atom. The molecule has 1 aliphatic heterocycles.